The van der Waals surface area contributed by atoms with Gasteiger partial charge in [-0.15, -0.1) is 0 Å². The Morgan fingerprint density at radius 3 is 2.74 bits per heavy atom. The standard InChI is InChI=1S/C20H25N5O2/c1-14(9-17-10-15(2)22-23-17)21-20(26)19-11-18(27-24-19)13-25(3)12-16-7-5-4-6-8-16/h4-8,10-11,14H,9,12-13H2,1-3H3,(H,21,26)(H,22,23)/t14-/m1/s1. The van der Waals surface area contributed by atoms with Gasteiger partial charge < -0.3 is 9.84 Å². The van der Waals surface area contributed by atoms with Gasteiger partial charge in [0, 0.05) is 30.8 Å². The highest BCUT2D eigenvalue weighted by Crippen LogP contribution is 2.10. The quantitative estimate of drug-likeness (QED) is 0.639. The number of nitrogens with one attached hydrogen (secondary N) is 2. The highest BCUT2D eigenvalue weighted by Gasteiger charge is 2.16. The van der Waals surface area contributed by atoms with Gasteiger partial charge in [0.25, 0.3) is 5.91 Å². The second-order valence-corrected chi connectivity index (χ2v) is 6.96. The molecule has 1 atom stereocenters. The molecule has 0 spiro atoms. The van der Waals surface area contributed by atoms with E-state index in [1.807, 2.05) is 45.2 Å². The summed E-state index contributed by atoms with van der Waals surface area (Å²) in [6.45, 7) is 5.27. The lowest BCUT2D eigenvalue weighted by atomic mass is 10.1. The summed E-state index contributed by atoms with van der Waals surface area (Å²) in [4.78, 5) is 14.5. The molecule has 1 amide bonds. The molecule has 0 aliphatic heterocycles. The summed E-state index contributed by atoms with van der Waals surface area (Å²) < 4.78 is 5.33. The lowest BCUT2D eigenvalue weighted by Gasteiger charge is -2.14. The van der Waals surface area contributed by atoms with E-state index in [0.717, 1.165) is 17.9 Å². The minimum atomic E-state index is -0.240. The fraction of sp³-hybridized carbons (Fsp3) is 0.350. The summed E-state index contributed by atoms with van der Waals surface area (Å²) in [5.41, 5.74) is 3.44. The van der Waals surface area contributed by atoms with Crippen molar-refractivity contribution in [3.63, 3.8) is 0 Å². The van der Waals surface area contributed by atoms with Crippen LogP contribution in [0, 0.1) is 6.92 Å². The summed E-state index contributed by atoms with van der Waals surface area (Å²) in [6, 6.07) is 13.8. The van der Waals surface area contributed by atoms with E-state index in [1.54, 1.807) is 6.07 Å². The van der Waals surface area contributed by atoms with Gasteiger partial charge in [-0.2, -0.15) is 5.10 Å². The number of benzene rings is 1. The molecule has 27 heavy (non-hydrogen) atoms. The van der Waals surface area contributed by atoms with Crippen molar-refractivity contribution in [1.82, 2.24) is 25.6 Å². The van der Waals surface area contributed by atoms with Crippen molar-refractivity contribution in [3.8, 4) is 0 Å². The van der Waals surface area contributed by atoms with Crippen molar-refractivity contribution in [2.45, 2.75) is 39.4 Å². The molecule has 3 rings (SSSR count). The van der Waals surface area contributed by atoms with E-state index < -0.39 is 0 Å². The Morgan fingerprint density at radius 1 is 1.26 bits per heavy atom. The van der Waals surface area contributed by atoms with E-state index in [1.165, 1.54) is 5.56 Å². The van der Waals surface area contributed by atoms with Crippen LogP contribution >= 0.6 is 0 Å². The first-order valence-corrected chi connectivity index (χ1v) is 8.99. The molecule has 0 aliphatic rings. The third-order valence-electron chi connectivity index (χ3n) is 4.16. The Balaban J connectivity index is 1.51. The fourth-order valence-electron chi connectivity index (χ4n) is 2.95. The van der Waals surface area contributed by atoms with Crippen LogP contribution in [0.4, 0.5) is 0 Å². The molecule has 2 heterocycles. The van der Waals surface area contributed by atoms with Gasteiger partial charge >= 0.3 is 0 Å². The minimum absolute atomic E-state index is 0.0545. The first-order valence-electron chi connectivity index (χ1n) is 8.99. The predicted molar refractivity (Wildman–Crippen MR) is 102 cm³/mol. The molecular weight excluding hydrogens is 342 g/mol. The van der Waals surface area contributed by atoms with Crippen LogP contribution in [0.15, 0.2) is 47.0 Å². The molecule has 2 aromatic heterocycles. The zero-order valence-electron chi connectivity index (χ0n) is 15.9. The van der Waals surface area contributed by atoms with E-state index in [4.69, 9.17) is 4.52 Å². The van der Waals surface area contributed by atoms with Crippen LogP contribution in [0.25, 0.3) is 0 Å². The first kappa shape index (κ1) is 18.8. The van der Waals surface area contributed by atoms with Crippen LogP contribution in [0.2, 0.25) is 0 Å². The van der Waals surface area contributed by atoms with Crippen LogP contribution in [-0.2, 0) is 19.5 Å². The molecule has 1 aromatic carbocycles. The van der Waals surface area contributed by atoms with Crippen molar-refractivity contribution < 1.29 is 9.32 Å². The van der Waals surface area contributed by atoms with Gasteiger partial charge in [-0.1, -0.05) is 35.5 Å². The smallest absolute Gasteiger partial charge is 0.273 e. The second kappa shape index (κ2) is 8.64. The summed E-state index contributed by atoms with van der Waals surface area (Å²) in [5.74, 6) is 0.421. The van der Waals surface area contributed by atoms with Gasteiger partial charge in [0.1, 0.15) is 0 Å². The van der Waals surface area contributed by atoms with E-state index in [-0.39, 0.29) is 11.9 Å². The molecule has 0 saturated heterocycles. The lowest BCUT2D eigenvalue weighted by molar-refractivity contribution is 0.0930. The number of carbonyl (C=O) groups excluding carboxylic acids is 1. The van der Waals surface area contributed by atoms with Crippen molar-refractivity contribution in [2.75, 3.05) is 7.05 Å². The highest BCUT2D eigenvalue weighted by molar-refractivity contribution is 5.92. The van der Waals surface area contributed by atoms with Crippen molar-refractivity contribution in [2.24, 2.45) is 0 Å². The van der Waals surface area contributed by atoms with Gasteiger partial charge in [-0.3, -0.25) is 14.8 Å². The molecule has 0 saturated carbocycles. The Kier molecular flexibility index (Phi) is 6.03. The van der Waals surface area contributed by atoms with Crippen molar-refractivity contribution in [3.05, 3.63) is 70.9 Å². The fourth-order valence-corrected chi connectivity index (χ4v) is 2.95. The van der Waals surface area contributed by atoms with Crippen LogP contribution in [0.5, 0.6) is 0 Å². The van der Waals surface area contributed by atoms with Gasteiger partial charge in [0.2, 0.25) is 0 Å². The van der Waals surface area contributed by atoms with Crippen molar-refractivity contribution >= 4 is 5.91 Å². The molecule has 7 heteroatoms. The number of H-pyrrole nitrogens is 1. The number of nitrogens with zero attached hydrogens (tertiary/aromatic N) is 3. The molecule has 7 nitrogen and oxygen atoms in total. The molecular formula is C20H25N5O2. The monoisotopic (exact) mass is 367 g/mol. The topological polar surface area (TPSA) is 87.1 Å². The number of aromatic amines is 1. The summed E-state index contributed by atoms with van der Waals surface area (Å²) in [6.07, 6.45) is 0.653. The van der Waals surface area contributed by atoms with Crippen LogP contribution in [0.3, 0.4) is 0 Å². The molecule has 0 radical (unpaired) electrons. The Hall–Kier alpha value is -2.93. The van der Waals surface area contributed by atoms with Gasteiger partial charge in [-0.05, 0) is 32.5 Å². The molecule has 0 unspecified atom stereocenters. The molecule has 2 N–H and O–H groups in total. The Morgan fingerprint density at radius 2 is 2.04 bits per heavy atom. The zero-order valence-corrected chi connectivity index (χ0v) is 15.9. The Bertz CT molecular complexity index is 871. The van der Waals surface area contributed by atoms with Crippen LogP contribution in [0.1, 0.15) is 40.1 Å². The lowest BCUT2D eigenvalue weighted by Crippen LogP contribution is -2.34. The normalized spacial score (nSPS) is 12.3. The Labute approximate surface area is 158 Å². The third-order valence-corrected chi connectivity index (χ3v) is 4.16. The number of carbonyl (C=O) groups is 1. The number of amides is 1. The number of aromatic nitrogens is 3. The van der Waals surface area contributed by atoms with Gasteiger partial charge in [-0.25, -0.2) is 0 Å². The average Bonchev–Trinajstić information content (AvgIpc) is 3.24. The second-order valence-electron chi connectivity index (χ2n) is 6.96. The molecule has 3 aromatic rings. The summed E-state index contributed by atoms with van der Waals surface area (Å²) in [5, 5.41) is 13.9. The summed E-state index contributed by atoms with van der Waals surface area (Å²) in [7, 11) is 2.00. The van der Waals surface area contributed by atoms with E-state index in [9.17, 15) is 4.79 Å². The number of hydrogen-bond donors (Lipinski definition) is 2. The predicted octanol–water partition coefficient (Wildman–Crippen LogP) is 2.70. The third kappa shape index (κ3) is 5.52. The van der Waals surface area contributed by atoms with Crippen molar-refractivity contribution in [1.29, 1.82) is 0 Å². The molecule has 0 aliphatic carbocycles. The zero-order chi connectivity index (χ0) is 19.2. The van der Waals surface area contributed by atoms with Gasteiger partial charge in [0.15, 0.2) is 11.5 Å². The maximum Gasteiger partial charge on any atom is 0.273 e. The van der Waals surface area contributed by atoms with E-state index in [2.05, 4.69) is 37.7 Å². The van der Waals surface area contributed by atoms with Gasteiger partial charge in [0.05, 0.1) is 12.2 Å². The SMILES string of the molecule is Cc1cc(C[C@@H](C)NC(=O)c2cc(CN(C)Cc3ccccc3)on2)n[nH]1. The van der Waals surface area contributed by atoms with E-state index >= 15 is 0 Å². The number of hydrogen-bond acceptors (Lipinski definition) is 5. The molecule has 0 fully saturated rings. The largest absolute Gasteiger partial charge is 0.359 e. The summed E-state index contributed by atoms with van der Waals surface area (Å²) >= 11 is 0. The number of aryl methyl sites for hydroxylation is 1. The van der Waals surface area contributed by atoms with Crippen LogP contribution in [-0.4, -0.2) is 39.3 Å². The maximum atomic E-state index is 12.4. The number of rotatable bonds is 8. The van der Waals surface area contributed by atoms with E-state index in [0.29, 0.717) is 24.4 Å². The molecule has 142 valence electrons. The maximum absolute atomic E-state index is 12.4. The average molecular weight is 367 g/mol. The first-order chi connectivity index (χ1) is 13.0. The molecule has 0 bridgehead atoms. The van der Waals surface area contributed by atoms with Crippen LogP contribution < -0.4 is 5.32 Å². The minimum Gasteiger partial charge on any atom is -0.359 e. The highest BCUT2D eigenvalue weighted by atomic mass is 16.5.